The summed E-state index contributed by atoms with van der Waals surface area (Å²) in [6, 6.07) is 1.71. The Bertz CT molecular complexity index is 397. The van der Waals surface area contributed by atoms with Crippen LogP contribution in [0.25, 0.3) is 0 Å². The normalized spacial score (nSPS) is 23.2. The van der Waals surface area contributed by atoms with E-state index in [9.17, 15) is 4.79 Å². The molecule has 4 nitrogen and oxygen atoms in total. The highest BCUT2D eigenvalue weighted by molar-refractivity contribution is 5.95. The van der Waals surface area contributed by atoms with Crippen LogP contribution in [0.5, 0.6) is 0 Å². The summed E-state index contributed by atoms with van der Waals surface area (Å²) in [6.07, 6.45) is 3.88. The van der Waals surface area contributed by atoms with Gasteiger partial charge in [0.15, 0.2) is 0 Å². The number of nitrogens with one attached hydrogen (secondary N) is 2. The summed E-state index contributed by atoms with van der Waals surface area (Å²) in [6.45, 7) is 6.78. The zero-order chi connectivity index (χ0) is 12.3. The first kappa shape index (κ1) is 15.1. The van der Waals surface area contributed by atoms with E-state index in [-0.39, 0.29) is 23.7 Å². The molecular formula is C13H21ClN2O2. The largest absolute Gasteiger partial charge is 0.469 e. The van der Waals surface area contributed by atoms with Gasteiger partial charge >= 0.3 is 0 Å². The third-order valence-electron chi connectivity index (χ3n) is 3.46. The Morgan fingerprint density at radius 1 is 1.61 bits per heavy atom. The van der Waals surface area contributed by atoms with Gasteiger partial charge in [0.25, 0.3) is 5.91 Å². The fourth-order valence-corrected chi connectivity index (χ4v) is 2.28. The van der Waals surface area contributed by atoms with Crippen molar-refractivity contribution in [3.63, 3.8) is 0 Å². The Labute approximate surface area is 114 Å². The van der Waals surface area contributed by atoms with Gasteiger partial charge in [0.05, 0.1) is 11.8 Å². The molecule has 1 amide bonds. The molecule has 0 spiro atoms. The van der Waals surface area contributed by atoms with E-state index in [0.717, 1.165) is 19.5 Å². The predicted octanol–water partition coefficient (Wildman–Crippen LogP) is 2.13. The molecule has 1 saturated heterocycles. The van der Waals surface area contributed by atoms with Gasteiger partial charge in [-0.2, -0.15) is 0 Å². The maximum Gasteiger partial charge on any atom is 0.254 e. The Balaban J connectivity index is 0.00000162. The fourth-order valence-electron chi connectivity index (χ4n) is 2.28. The van der Waals surface area contributed by atoms with Crippen molar-refractivity contribution < 1.29 is 9.21 Å². The van der Waals surface area contributed by atoms with E-state index in [1.165, 1.54) is 6.42 Å². The van der Waals surface area contributed by atoms with Crippen molar-refractivity contribution in [1.29, 1.82) is 0 Å². The molecule has 0 bridgehead atoms. The number of rotatable bonds is 3. The number of furan rings is 1. The molecule has 0 radical (unpaired) electrons. The van der Waals surface area contributed by atoms with Crippen molar-refractivity contribution in [3.05, 3.63) is 23.7 Å². The summed E-state index contributed by atoms with van der Waals surface area (Å²) < 4.78 is 5.13. The van der Waals surface area contributed by atoms with Crippen LogP contribution >= 0.6 is 12.4 Å². The fraction of sp³-hybridized carbons (Fsp3) is 0.615. The van der Waals surface area contributed by atoms with Gasteiger partial charge in [-0.3, -0.25) is 4.79 Å². The van der Waals surface area contributed by atoms with Crippen LogP contribution in [-0.4, -0.2) is 25.5 Å². The lowest BCUT2D eigenvalue weighted by atomic mass is 9.83. The Kier molecular flexibility index (Phi) is 5.23. The lowest BCUT2D eigenvalue weighted by molar-refractivity contribution is 0.0923. The average Bonchev–Trinajstić information content (AvgIpc) is 2.74. The molecule has 1 atom stereocenters. The lowest BCUT2D eigenvalue weighted by Gasteiger charge is -2.34. The monoisotopic (exact) mass is 272 g/mol. The van der Waals surface area contributed by atoms with E-state index in [1.807, 2.05) is 0 Å². The second-order valence-corrected chi connectivity index (χ2v) is 5.16. The van der Waals surface area contributed by atoms with Crippen LogP contribution in [0.3, 0.4) is 0 Å². The standard InChI is InChI=1S/C13H20N2O2.ClH/c1-10-11(4-7-17-10)12(16)15-9-13(2)5-3-6-14-8-13;/h4,7,14H,3,5-6,8-9H2,1-2H3,(H,15,16);1H. The molecule has 5 heteroatoms. The smallest absolute Gasteiger partial charge is 0.254 e. The van der Waals surface area contributed by atoms with Crippen molar-refractivity contribution >= 4 is 18.3 Å². The zero-order valence-corrected chi connectivity index (χ0v) is 11.7. The quantitative estimate of drug-likeness (QED) is 0.886. The van der Waals surface area contributed by atoms with Gasteiger partial charge in [-0.1, -0.05) is 6.92 Å². The first-order valence-electron chi connectivity index (χ1n) is 6.14. The molecule has 1 aliphatic rings. The molecule has 1 aromatic rings. The van der Waals surface area contributed by atoms with Crippen LogP contribution in [0, 0.1) is 12.3 Å². The molecule has 0 saturated carbocycles. The number of hydrogen-bond acceptors (Lipinski definition) is 3. The SMILES string of the molecule is Cc1occc1C(=O)NCC1(C)CCCNC1.Cl. The summed E-state index contributed by atoms with van der Waals surface area (Å²) in [5.74, 6) is 0.637. The molecule has 2 rings (SSSR count). The minimum absolute atomic E-state index is 0. The molecule has 1 fully saturated rings. The van der Waals surface area contributed by atoms with E-state index in [4.69, 9.17) is 4.42 Å². The van der Waals surface area contributed by atoms with Gasteiger partial charge in [0.1, 0.15) is 5.76 Å². The second kappa shape index (κ2) is 6.25. The van der Waals surface area contributed by atoms with Crippen molar-refractivity contribution in [2.75, 3.05) is 19.6 Å². The molecule has 2 heterocycles. The molecule has 2 N–H and O–H groups in total. The highest BCUT2D eigenvalue weighted by Crippen LogP contribution is 2.24. The Morgan fingerprint density at radius 3 is 2.94 bits per heavy atom. The predicted molar refractivity (Wildman–Crippen MR) is 73.2 cm³/mol. The first-order valence-corrected chi connectivity index (χ1v) is 6.14. The van der Waals surface area contributed by atoms with Crippen LogP contribution in [0.2, 0.25) is 0 Å². The Hall–Kier alpha value is -1.00. The summed E-state index contributed by atoms with van der Waals surface area (Å²) in [7, 11) is 0. The van der Waals surface area contributed by atoms with Crippen LogP contribution < -0.4 is 10.6 Å². The number of halogens is 1. The highest BCUT2D eigenvalue weighted by Gasteiger charge is 2.27. The third kappa shape index (κ3) is 3.50. The minimum Gasteiger partial charge on any atom is -0.469 e. The van der Waals surface area contributed by atoms with Gasteiger partial charge < -0.3 is 15.1 Å². The van der Waals surface area contributed by atoms with Crippen molar-refractivity contribution in [1.82, 2.24) is 10.6 Å². The van der Waals surface area contributed by atoms with E-state index in [2.05, 4.69) is 17.6 Å². The average molecular weight is 273 g/mol. The minimum atomic E-state index is -0.0388. The summed E-state index contributed by atoms with van der Waals surface area (Å²) >= 11 is 0. The zero-order valence-electron chi connectivity index (χ0n) is 10.9. The summed E-state index contributed by atoms with van der Waals surface area (Å²) in [5.41, 5.74) is 0.809. The van der Waals surface area contributed by atoms with Gasteiger partial charge in [-0.05, 0) is 37.8 Å². The molecular weight excluding hydrogens is 252 g/mol. The first-order chi connectivity index (χ1) is 8.11. The van der Waals surface area contributed by atoms with E-state index < -0.39 is 0 Å². The molecule has 1 unspecified atom stereocenters. The number of amides is 1. The number of hydrogen-bond donors (Lipinski definition) is 2. The second-order valence-electron chi connectivity index (χ2n) is 5.16. The molecule has 0 aromatic carbocycles. The summed E-state index contributed by atoms with van der Waals surface area (Å²) in [4.78, 5) is 11.9. The number of carbonyl (C=O) groups is 1. The van der Waals surface area contributed by atoms with Crippen LogP contribution in [-0.2, 0) is 0 Å². The van der Waals surface area contributed by atoms with Crippen LogP contribution in [0.15, 0.2) is 16.7 Å². The van der Waals surface area contributed by atoms with E-state index in [0.29, 0.717) is 17.9 Å². The Morgan fingerprint density at radius 2 is 2.39 bits per heavy atom. The topological polar surface area (TPSA) is 54.3 Å². The van der Waals surface area contributed by atoms with Crippen molar-refractivity contribution in [3.8, 4) is 0 Å². The molecule has 18 heavy (non-hydrogen) atoms. The van der Waals surface area contributed by atoms with Gasteiger partial charge in [0.2, 0.25) is 0 Å². The van der Waals surface area contributed by atoms with Crippen molar-refractivity contribution in [2.45, 2.75) is 26.7 Å². The van der Waals surface area contributed by atoms with Crippen LogP contribution in [0.1, 0.15) is 35.9 Å². The van der Waals surface area contributed by atoms with Crippen molar-refractivity contribution in [2.24, 2.45) is 5.41 Å². The van der Waals surface area contributed by atoms with E-state index >= 15 is 0 Å². The molecule has 1 aromatic heterocycles. The molecule has 0 aliphatic carbocycles. The highest BCUT2D eigenvalue weighted by atomic mass is 35.5. The molecule has 1 aliphatic heterocycles. The van der Waals surface area contributed by atoms with Gasteiger partial charge in [-0.15, -0.1) is 12.4 Å². The molecule has 102 valence electrons. The number of carbonyl (C=O) groups excluding carboxylic acids is 1. The number of piperidine rings is 1. The lowest BCUT2D eigenvalue weighted by Crippen LogP contribution is -2.45. The number of aryl methyl sites for hydroxylation is 1. The maximum absolute atomic E-state index is 11.9. The van der Waals surface area contributed by atoms with Crippen LogP contribution in [0.4, 0.5) is 0 Å². The van der Waals surface area contributed by atoms with Gasteiger partial charge in [-0.25, -0.2) is 0 Å². The third-order valence-corrected chi connectivity index (χ3v) is 3.46. The maximum atomic E-state index is 11.9. The summed E-state index contributed by atoms with van der Waals surface area (Å²) in [5, 5.41) is 6.37. The van der Waals surface area contributed by atoms with Gasteiger partial charge in [0, 0.05) is 13.1 Å². The van der Waals surface area contributed by atoms with E-state index in [1.54, 1.807) is 19.3 Å².